The van der Waals surface area contributed by atoms with Gasteiger partial charge in [0.25, 0.3) is 0 Å². The fourth-order valence-corrected chi connectivity index (χ4v) is 6.77. The summed E-state index contributed by atoms with van der Waals surface area (Å²) in [6.07, 6.45) is 2.63. The zero-order chi connectivity index (χ0) is 32.1. The van der Waals surface area contributed by atoms with Crippen LogP contribution in [0.15, 0.2) is 83.4 Å². The van der Waals surface area contributed by atoms with Crippen molar-refractivity contribution in [2.24, 2.45) is 17.8 Å². The second kappa shape index (κ2) is 14.1. The summed E-state index contributed by atoms with van der Waals surface area (Å²) in [6, 6.07) is 20.3. The molecule has 9 nitrogen and oxygen atoms in total. The molecule has 0 saturated carbocycles. The first-order chi connectivity index (χ1) is 21.8. The number of likely N-dealkylation sites (tertiary alicyclic amines) is 1. The molecule has 2 aliphatic rings. The van der Waals surface area contributed by atoms with Crippen LogP contribution in [0.1, 0.15) is 44.6 Å². The fourth-order valence-electron chi connectivity index (χ4n) is 6.77. The van der Waals surface area contributed by atoms with Crippen molar-refractivity contribution in [1.82, 2.24) is 4.90 Å². The molecule has 4 atom stereocenters. The van der Waals surface area contributed by atoms with Crippen LogP contribution < -0.4 is 4.74 Å². The van der Waals surface area contributed by atoms with E-state index in [2.05, 4.69) is 13.0 Å². The number of nitrogens with zero attached hydrogens (tertiary/aromatic N) is 1. The lowest BCUT2D eigenvalue weighted by molar-refractivity contribution is -0.137. The van der Waals surface area contributed by atoms with Gasteiger partial charge in [-0.3, -0.25) is 9.59 Å². The quantitative estimate of drug-likeness (QED) is 0.187. The van der Waals surface area contributed by atoms with Gasteiger partial charge in [0.15, 0.2) is 0 Å². The first kappa shape index (κ1) is 31.9. The van der Waals surface area contributed by atoms with Gasteiger partial charge in [0.05, 0.1) is 31.7 Å². The van der Waals surface area contributed by atoms with Crippen LogP contribution in [0.2, 0.25) is 0 Å². The zero-order valence-electron chi connectivity index (χ0n) is 25.5. The Morgan fingerprint density at radius 1 is 1.00 bits per heavy atom. The molecular formula is C36H39NO8. The summed E-state index contributed by atoms with van der Waals surface area (Å²) in [7, 11) is 1.10. The van der Waals surface area contributed by atoms with Gasteiger partial charge in [-0.2, -0.15) is 4.90 Å². The van der Waals surface area contributed by atoms with Crippen LogP contribution >= 0.6 is 0 Å². The number of phenolic OH excluding ortho intramolecular Hbond substituents is 1. The molecule has 1 heterocycles. The predicted molar refractivity (Wildman–Crippen MR) is 169 cm³/mol. The van der Waals surface area contributed by atoms with E-state index in [1.165, 1.54) is 0 Å². The van der Waals surface area contributed by atoms with E-state index in [0.717, 1.165) is 41.9 Å². The Labute approximate surface area is 262 Å². The highest BCUT2D eigenvalue weighted by molar-refractivity contribution is 6.16. The second-order valence-electron chi connectivity index (χ2n) is 11.6. The van der Waals surface area contributed by atoms with Gasteiger partial charge in [-0.15, -0.1) is 0 Å². The van der Waals surface area contributed by atoms with Gasteiger partial charge in [-0.1, -0.05) is 73.5 Å². The third kappa shape index (κ3) is 6.50. The van der Waals surface area contributed by atoms with Crippen LogP contribution in [0.5, 0.6) is 11.5 Å². The molecule has 3 amide bonds. The van der Waals surface area contributed by atoms with E-state index in [4.69, 9.17) is 9.47 Å². The number of methoxy groups -OCH3 is 1. The van der Waals surface area contributed by atoms with Crippen LogP contribution in [0.3, 0.4) is 0 Å². The number of phenols is 1. The first-order valence-electron chi connectivity index (χ1n) is 15.3. The second-order valence-corrected chi connectivity index (χ2v) is 11.6. The Balaban J connectivity index is 1.46. The minimum atomic E-state index is -1.06. The van der Waals surface area contributed by atoms with Crippen LogP contribution in [0, 0.1) is 17.8 Å². The summed E-state index contributed by atoms with van der Waals surface area (Å²) in [5.74, 6) is -3.34. The molecule has 5 rings (SSSR count). The minimum absolute atomic E-state index is 0.0486. The van der Waals surface area contributed by atoms with Crippen LogP contribution in [-0.2, 0) is 14.3 Å². The van der Waals surface area contributed by atoms with Gasteiger partial charge in [0.1, 0.15) is 18.1 Å². The summed E-state index contributed by atoms with van der Waals surface area (Å²) in [5.41, 5.74) is 3.18. The number of hydrogen-bond donors (Lipinski definition) is 3. The van der Waals surface area contributed by atoms with E-state index in [9.17, 15) is 29.7 Å². The Morgan fingerprint density at radius 3 is 2.40 bits per heavy atom. The SMILES string of the molecule is CCC/C(=C\c1ccc(O)c2ccccc12)CC[C@@H](O)C1=C(COc2ccccc2)C[C@H]2C(=O)N(C(=O)OC)C(=O)[C@H]2[C@H]1CO. The van der Waals surface area contributed by atoms with Gasteiger partial charge < -0.3 is 24.8 Å². The molecule has 236 valence electrons. The smallest absolute Gasteiger partial charge is 0.423 e. The van der Waals surface area contributed by atoms with Crippen molar-refractivity contribution in [1.29, 1.82) is 0 Å². The first-order valence-corrected chi connectivity index (χ1v) is 15.3. The summed E-state index contributed by atoms with van der Waals surface area (Å²) in [6.45, 7) is 1.64. The standard InChI is InChI=1S/C36H39NO8/c1-3-9-22(18-23-15-17-30(39)27-13-8-7-12-26(23)27)14-16-31(40)32-24(21-45-25-10-5-4-6-11-25)19-28-33(29(32)20-38)35(42)37(34(28)41)36(43)44-2/h4-8,10-13,15,17-18,28-29,31,33,38-40H,3,9,14,16,19-21H2,1-2H3/b22-18+/t28-,29+,31-,33-/m1/s1. The number of hydrogen-bond acceptors (Lipinski definition) is 8. The Kier molecular flexibility index (Phi) is 10.0. The van der Waals surface area contributed by atoms with Gasteiger partial charge in [-0.25, -0.2) is 4.79 Å². The number of aliphatic hydroxyl groups excluding tert-OH is 2. The third-order valence-corrected chi connectivity index (χ3v) is 8.86. The lowest BCUT2D eigenvalue weighted by Gasteiger charge is -2.36. The Hall–Kier alpha value is -4.47. The Bertz CT molecular complexity index is 1630. The van der Waals surface area contributed by atoms with Gasteiger partial charge in [-0.05, 0) is 66.0 Å². The Morgan fingerprint density at radius 2 is 1.71 bits per heavy atom. The van der Waals surface area contributed by atoms with Crippen molar-refractivity contribution >= 4 is 34.8 Å². The number of carbonyl (C=O) groups excluding carboxylic acids is 3. The zero-order valence-corrected chi connectivity index (χ0v) is 25.5. The highest BCUT2D eigenvalue weighted by Gasteiger charge is 2.57. The monoisotopic (exact) mass is 613 g/mol. The maximum atomic E-state index is 13.4. The molecule has 45 heavy (non-hydrogen) atoms. The summed E-state index contributed by atoms with van der Waals surface area (Å²) < 4.78 is 10.7. The summed E-state index contributed by atoms with van der Waals surface area (Å²) in [4.78, 5) is 39.5. The van der Waals surface area contributed by atoms with Gasteiger partial charge in [0, 0.05) is 11.3 Å². The molecule has 0 radical (unpaired) electrons. The number of carbonyl (C=O) groups is 3. The molecule has 0 unspecified atom stereocenters. The lowest BCUT2D eigenvalue weighted by Crippen LogP contribution is -2.40. The number of imide groups is 3. The van der Waals surface area contributed by atoms with Crippen molar-refractivity contribution in [3.63, 3.8) is 0 Å². The van der Waals surface area contributed by atoms with Crippen molar-refractivity contribution in [2.75, 3.05) is 20.3 Å². The molecule has 3 N–H and O–H groups in total. The summed E-state index contributed by atoms with van der Waals surface area (Å²) in [5, 5.41) is 34.4. The topological polar surface area (TPSA) is 134 Å². The van der Waals surface area contributed by atoms with E-state index in [1.54, 1.807) is 18.2 Å². The number of rotatable bonds is 11. The van der Waals surface area contributed by atoms with E-state index in [0.29, 0.717) is 34.6 Å². The molecular weight excluding hydrogens is 574 g/mol. The third-order valence-electron chi connectivity index (χ3n) is 8.86. The number of para-hydroxylation sites is 1. The van der Waals surface area contributed by atoms with Crippen molar-refractivity contribution in [3.8, 4) is 11.5 Å². The minimum Gasteiger partial charge on any atom is -0.507 e. The maximum Gasteiger partial charge on any atom is 0.423 e. The number of fused-ring (bicyclic) bond motifs is 2. The average Bonchev–Trinajstić information content (AvgIpc) is 3.31. The van der Waals surface area contributed by atoms with Gasteiger partial charge in [0.2, 0.25) is 11.8 Å². The number of ether oxygens (including phenoxy) is 2. The molecule has 0 spiro atoms. The number of aromatic hydroxyl groups is 1. The molecule has 1 aliphatic carbocycles. The normalized spacial score (nSPS) is 20.8. The molecule has 0 aromatic heterocycles. The van der Waals surface area contributed by atoms with Crippen LogP contribution in [-0.4, -0.2) is 64.6 Å². The van der Waals surface area contributed by atoms with Crippen LogP contribution in [0.25, 0.3) is 16.8 Å². The van der Waals surface area contributed by atoms with Crippen molar-refractivity contribution < 1.29 is 39.2 Å². The van der Waals surface area contributed by atoms with E-state index < -0.39 is 48.4 Å². The molecule has 3 aromatic rings. The lowest BCUT2D eigenvalue weighted by atomic mass is 9.68. The van der Waals surface area contributed by atoms with Gasteiger partial charge >= 0.3 is 6.09 Å². The van der Waals surface area contributed by atoms with E-state index in [-0.39, 0.29) is 18.8 Å². The summed E-state index contributed by atoms with van der Waals surface area (Å²) >= 11 is 0. The van der Waals surface area contributed by atoms with Crippen molar-refractivity contribution in [2.45, 2.75) is 45.1 Å². The molecule has 9 heteroatoms. The molecule has 1 saturated heterocycles. The molecule has 1 aliphatic heterocycles. The fraction of sp³-hybridized carbons (Fsp3) is 0.361. The number of benzene rings is 3. The number of allylic oxidation sites excluding steroid dienone is 1. The highest BCUT2D eigenvalue weighted by Crippen LogP contribution is 2.46. The number of aliphatic hydroxyl groups is 2. The largest absolute Gasteiger partial charge is 0.507 e. The molecule has 0 bridgehead atoms. The number of amides is 3. The van der Waals surface area contributed by atoms with Crippen LogP contribution in [0.4, 0.5) is 4.79 Å². The predicted octanol–water partition coefficient (Wildman–Crippen LogP) is 5.63. The van der Waals surface area contributed by atoms with E-state index >= 15 is 0 Å². The molecule has 1 fully saturated rings. The van der Waals surface area contributed by atoms with E-state index in [1.807, 2.05) is 48.5 Å². The molecule has 3 aromatic carbocycles. The average molecular weight is 614 g/mol. The maximum absolute atomic E-state index is 13.4. The van der Waals surface area contributed by atoms with Crippen molar-refractivity contribution in [3.05, 3.63) is 89.0 Å². The highest BCUT2D eigenvalue weighted by atomic mass is 16.5.